The van der Waals surface area contributed by atoms with E-state index in [0.717, 1.165) is 12.5 Å². The first-order chi connectivity index (χ1) is 10.9. The third-order valence-electron chi connectivity index (χ3n) is 2.85. The number of imide groups is 1. The quantitative estimate of drug-likeness (QED) is 0.620. The lowest BCUT2D eigenvalue weighted by atomic mass is 10.2. The Hall–Kier alpha value is -2.70. The van der Waals surface area contributed by atoms with Crippen molar-refractivity contribution in [3.63, 3.8) is 0 Å². The maximum atomic E-state index is 12.9. The van der Waals surface area contributed by atoms with Crippen molar-refractivity contribution in [3.05, 3.63) is 41.7 Å². The monoisotopic (exact) mass is 322 g/mol. The number of rotatable bonds is 6. The average molecular weight is 322 g/mol. The number of amides is 3. The SMILES string of the molecule is CC[C@@H](C)NC(=O)NC(=O)COC(=O)/C=C/c1cccc(F)c1. The van der Waals surface area contributed by atoms with E-state index >= 15 is 0 Å². The highest BCUT2D eigenvalue weighted by atomic mass is 19.1. The molecular weight excluding hydrogens is 303 g/mol. The van der Waals surface area contributed by atoms with Crippen LogP contribution < -0.4 is 10.6 Å². The Morgan fingerprint density at radius 2 is 2.09 bits per heavy atom. The Bertz CT molecular complexity index is 601. The van der Waals surface area contributed by atoms with Gasteiger partial charge < -0.3 is 10.1 Å². The molecule has 0 saturated heterocycles. The molecule has 0 spiro atoms. The van der Waals surface area contributed by atoms with Gasteiger partial charge in [0.15, 0.2) is 6.61 Å². The molecule has 2 N–H and O–H groups in total. The number of nitrogens with one attached hydrogen (secondary N) is 2. The van der Waals surface area contributed by atoms with Crippen LogP contribution in [0.3, 0.4) is 0 Å². The van der Waals surface area contributed by atoms with E-state index in [1.165, 1.54) is 24.3 Å². The van der Waals surface area contributed by atoms with Crippen LogP contribution in [0.15, 0.2) is 30.3 Å². The third kappa shape index (κ3) is 7.75. The molecule has 1 rings (SSSR count). The average Bonchev–Trinajstić information content (AvgIpc) is 2.50. The van der Waals surface area contributed by atoms with Crippen LogP contribution in [0.2, 0.25) is 0 Å². The molecule has 7 heteroatoms. The maximum absolute atomic E-state index is 12.9. The number of hydrogen-bond acceptors (Lipinski definition) is 4. The van der Waals surface area contributed by atoms with E-state index < -0.39 is 30.3 Å². The minimum Gasteiger partial charge on any atom is -0.452 e. The van der Waals surface area contributed by atoms with Crippen molar-refractivity contribution < 1.29 is 23.5 Å². The minimum atomic E-state index is -0.772. The fourth-order valence-electron chi connectivity index (χ4n) is 1.48. The fraction of sp³-hybridized carbons (Fsp3) is 0.312. The number of benzene rings is 1. The summed E-state index contributed by atoms with van der Waals surface area (Å²) >= 11 is 0. The van der Waals surface area contributed by atoms with Crippen LogP contribution in [-0.4, -0.2) is 30.6 Å². The highest BCUT2D eigenvalue weighted by Gasteiger charge is 2.11. The molecule has 6 nitrogen and oxygen atoms in total. The molecule has 0 unspecified atom stereocenters. The van der Waals surface area contributed by atoms with Crippen LogP contribution in [0.1, 0.15) is 25.8 Å². The standard InChI is InChI=1S/C16H19FN2O4/c1-3-11(2)18-16(22)19-14(20)10-23-15(21)8-7-12-5-4-6-13(17)9-12/h4-9,11H,3,10H2,1-2H3,(H2,18,19,20,22)/b8-7+/t11-/m1/s1. The van der Waals surface area contributed by atoms with Gasteiger partial charge in [0.05, 0.1) is 0 Å². The van der Waals surface area contributed by atoms with Gasteiger partial charge in [-0.2, -0.15) is 0 Å². The number of ether oxygens (including phenoxy) is 1. The van der Waals surface area contributed by atoms with Gasteiger partial charge in [0.25, 0.3) is 5.91 Å². The van der Waals surface area contributed by atoms with Gasteiger partial charge in [-0.15, -0.1) is 0 Å². The summed E-state index contributed by atoms with van der Waals surface area (Å²) in [6, 6.07) is 4.93. The number of halogens is 1. The molecule has 0 bridgehead atoms. The predicted octanol–water partition coefficient (Wildman–Crippen LogP) is 2.01. The van der Waals surface area contributed by atoms with Gasteiger partial charge in [-0.1, -0.05) is 19.1 Å². The lowest BCUT2D eigenvalue weighted by Crippen LogP contribution is -2.44. The fourth-order valence-corrected chi connectivity index (χ4v) is 1.48. The zero-order valence-corrected chi connectivity index (χ0v) is 13.0. The first-order valence-corrected chi connectivity index (χ1v) is 7.11. The van der Waals surface area contributed by atoms with Crippen molar-refractivity contribution in [2.24, 2.45) is 0 Å². The van der Waals surface area contributed by atoms with E-state index in [2.05, 4.69) is 10.1 Å². The van der Waals surface area contributed by atoms with Crippen LogP contribution in [-0.2, 0) is 14.3 Å². The molecule has 1 atom stereocenters. The van der Waals surface area contributed by atoms with Gasteiger partial charge in [0.2, 0.25) is 0 Å². The summed E-state index contributed by atoms with van der Waals surface area (Å²) < 4.78 is 17.6. The summed E-state index contributed by atoms with van der Waals surface area (Å²) in [6.07, 6.45) is 3.15. The van der Waals surface area contributed by atoms with Gasteiger partial charge in [-0.3, -0.25) is 10.1 Å². The molecule has 0 radical (unpaired) electrons. The second kappa shape index (κ2) is 9.34. The Balaban J connectivity index is 2.35. The molecule has 1 aromatic rings. The summed E-state index contributed by atoms with van der Waals surface area (Å²) in [5.41, 5.74) is 0.485. The zero-order valence-electron chi connectivity index (χ0n) is 13.0. The number of carbonyl (C=O) groups excluding carboxylic acids is 3. The van der Waals surface area contributed by atoms with Crippen LogP contribution in [0.25, 0.3) is 6.08 Å². The number of urea groups is 1. The van der Waals surface area contributed by atoms with E-state index in [4.69, 9.17) is 0 Å². The Morgan fingerprint density at radius 3 is 2.74 bits per heavy atom. The van der Waals surface area contributed by atoms with Crippen molar-refractivity contribution in [2.45, 2.75) is 26.3 Å². The van der Waals surface area contributed by atoms with E-state index in [-0.39, 0.29) is 6.04 Å². The molecule has 0 fully saturated rings. The van der Waals surface area contributed by atoms with Crippen molar-refractivity contribution in [1.82, 2.24) is 10.6 Å². The molecule has 0 aromatic heterocycles. The summed E-state index contributed by atoms with van der Waals surface area (Å²) in [5, 5.41) is 4.58. The molecule has 23 heavy (non-hydrogen) atoms. The van der Waals surface area contributed by atoms with Crippen molar-refractivity contribution >= 4 is 24.0 Å². The first kappa shape index (κ1) is 18.3. The highest BCUT2D eigenvalue weighted by molar-refractivity contribution is 5.96. The zero-order chi connectivity index (χ0) is 17.2. The Morgan fingerprint density at radius 1 is 1.35 bits per heavy atom. The van der Waals surface area contributed by atoms with Gasteiger partial charge >= 0.3 is 12.0 Å². The minimum absolute atomic E-state index is 0.0699. The molecule has 124 valence electrons. The lowest BCUT2D eigenvalue weighted by molar-refractivity contribution is -0.143. The first-order valence-electron chi connectivity index (χ1n) is 7.11. The van der Waals surface area contributed by atoms with E-state index in [9.17, 15) is 18.8 Å². The summed E-state index contributed by atoms with van der Waals surface area (Å²) in [7, 11) is 0. The molecule has 1 aromatic carbocycles. The third-order valence-corrected chi connectivity index (χ3v) is 2.85. The Kier molecular flexibility index (Phi) is 7.45. The van der Waals surface area contributed by atoms with Gasteiger partial charge in [-0.05, 0) is 37.1 Å². The number of hydrogen-bond donors (Lipinski definition) is 2. The molecule has 0 aliphatic rings. The number of esters is 1. The second-order valence-electron chi connectivity index (χ2n) is 4.83. The van der Waals surface area contributed by atoms with Crippen molar-refractivity contribution in [1.29, 1.82) is 0 Å². The van der Waals surface area contributed by atoms with Gasteiger partial charge in [-0.25, -0.2) is 14.0 Å². The van der Waals surface area contributed by atoms with Crippen LogP contribution in [0, 0.1) is 5.82 Å². The summed E-state index contributed by atoms with van der Waals surface area (Å²) in [5.74, 6) is -1.93. The second-order valence-corrected chi connectivity index (χ2v) is 4.83. The van der Waals surface area contributed by atoms with Crippen LogP contribution >= 0.6 is 0 Å². The molecule has 0 saturated carbocycles. The molecule has 0 aliphatic heterocycles. The summed E-state index contributed by atoms with van der Waals surface area (Å²) in [4.78, 5) is 34.2. The van der Waals surface area contributed by atoms with Gasteiger partial charge in [0, 0.05) is 12.1 Å². The number of carbonyl (C=O) groups is 3. The van der Waals surface area contributed by atoms with Crippen LogP contribution in [0.5, 0.6) is 0 Å². The van der Waals surface area contributed by atoms with E-state index in [1.807, 2.05) is 12.2 Å². The topological polar surface area (TPSA) is 84.5 Å². The Labute approximate surface area is 133 Å². The maximum Gasteiger partial charge on any atom is 0.331 e. The van der Waals surface area contributed by atoms with Gasteiger partial charge in [0.1, 0.15) is 5.82 Å². The normalized spacial score (nSPS) is 11.8. The van der Waals surface area contributed by atoms with Crippen LogP contribution in [0.4, 0.5) is 9.18 Å². The summed E-state index contributed by atoms with van der Waals surface area (Å²) in [6.45, 7) is 3.10. The molecule has 0 heterocycles. The lowest BCUT2D eigenvalue weighted by Gasteiger charge is -2.11. The van der Waals surface area contributed by atoms with Crippen molar-refractivity contribution in [2.75, 3.05) is 6.61 Å². The van der Waals surface area contributed by atoms with Crippen molar-refractivity contribution in [3.8, 4) is 0 Å². The highest BCUT2D eigenvalue weighted by Crippen LogP contribution is 2.05. The van der Waals surface area contributed by atoms with E-state index in [0.29, 0.717) is 5.56 Å². The molecular formula is C16H19FN2O4. The molecule has 3 amide bonds. The van der Waals surface area contributed by atoms with E-state index in [1.54, 1.807) is 13.0 Å². The molecule has 0 aliphatic carbocycles. The predicted molar refractivity (Wildman–Crippen MR) is 82.8 cm³/mol. The largest absolute Gasteiger partial charge is 0.452 e. The smallest absolute Gasteiger partial charge is 0.331 e.